The van der Waals surface area contributed by atoms with Gasteiger partial charge in [-0.15, -0.1) is 0 Å². The Morgan fingerprint density at radius 3 is 2.00 bits per heavy atom. The van der Waals surface area contributed by atoms with E-state index in [4.69, 9.17) is 4.74 Å². The minimum absolute atomic E-state index is 0. The van der Waals surface area contributed by atoms with E-state index in [-0.39, 0.29) is 50.2 Å². The summed E-state index contributed by atoms with van der Waals surface area (Å²) in [4.78, 5) is 0. The maximum atomic E-state index is 9.25. The molecule has 0 aromatic heterocycles. The van der Waals surface area contributed by atoms with E-state index in [2.05, 4.69) is 13.8 Å². The van der Waals surface area contributed by atoms with Gasteiger partial charge in [-0.05, 0) is 12.3 Å². The minimum atomic E-state index is -0.528. The van der Waals surface area contributed by atoms with E-state index in [1.165, 1.54) is 0 Å². The van der Waals surface area contributed by atoms with Crippen LogP contribution >= 0.6 is 0 Å². The Balaban J connectivity index is 0.000001000. The third kappa shape index (κ3) is 2.66. The summed E-state index contributed by atoms with van der Waals surface area (Å²) >= 11 is 0. The summed E-state index contributed by atoms with van der Waals surface area (Å²) in [6.45, 7) is 6.26. The van der Waals surface area contributed by atoms with Gasteiger partial charge >= 0.3 is 0 Å². The molecular weight excluding hydrogens is 355 g/mol. The maximum absolute atomic E-state index is 9.25. The van der Waals surface area contributed by atoms with Crippen LogP contribution in [0.25, 0.3) is 0 Å². The molecule has 1 heterocycles. The molecule has 1 radical (unpaired) electrons. The Labute approximate surface area is 104 Å². The van der Waals surface area contributed by atoms with Gasteiger partial charge in [0, 0.05) is 50.0 Å². The molecule has 1 fully saturated rings. The van der Waals surface area contributed by atoms with Gasteiger partial charge in [-0.25, -0.2) is 0 Å². The molecule has 63 valence electrons. The van der Waals surface area contributed by atoms with Gasteiger partial charge in [0.1, 0.15) is 0 Å². The van der Waals surface area contributed by atoms with Crippen LogP contribution in [0.5, 0.6) is 0 Å². The summed E-state index contributed by atoms with van der Waals surface area (Å²) in [5, 5.41) is 9.25. The molecule has 0 aromatic rings. The molecule has 0 aromatic carbocycles. The van der Waals surface area contributed by atoms with Crippen LogP contribution in [0, 0.1) is 55.9 Å². The molecule has 1 aliphatic rings. The molecule has 2 nitrogen and oxygen atoms in total. The molecule has 1 unspecified atom stereocenters. The zero-order valence-electron chi connectivity index (χ0n) is 7.45. The van der Waals surface area contributed by atoms with Gasteiger partial charge in [-0.2, -0.15) is 0 Å². The van der Waals surface area contributed by atoms with Crippen molar-refractivity contribution >= 4 is 0 Å². The number of aliphatic hydroxyl groups is 1. The molecule has 1 aliphatic heterocycles. The normalized spacial score (nSPS) is 43.6. The van der Waals surface area contributed by atoms with E-state index in [0.717, 1.165) is 6.42 Å². The van der Waals surface area contributed by atoms with Gasteiger partial charge in [-0.1, -0.05) is 20.8 Å². The molecule has 0 aliphatic carbocycles. The first kappa shape index (κ1) is 12.4. The SMILES string of the molecule is CC[C@H]1OC(O)[C@H](C)[C@@H]1C.[Ac]. The molecule has 3 heteroatoms. The van der Waals surface area contributed by atoms with Crippen molar-refractivity contribution < 1.29 is 53.9 Å². The molecule has 1 saturated heterocycles. The molecule has 0 spiro atoms. The predicted octanol–water partition coefficient (Wildman–Crippen LogP) is 1.39. The van der Waals surface area contributed by atoms with E-state index < -0.39 is 6.29 Å². The van der Waals surface area contributed by atoms with E-state index in [9.17, 15) is 5.11 Å². The van der Waals surface area contributed by atoms with Crippen LogP contribution in [0.3, 0.4) is 0 Å². The second-order valence-electron chi connectivity index (χ2n) is 3.19. The molecular formula is C8H16AcO2. The molecule has 1 N–H and O–H groups in total. The summed E-state index contributed by atoms with van der Waals surface area (Å²) in [6.07, 6.45) is 0.743. The number of hydrogen-bond acceptors (Lipinski definition) is 2. The Morgan fingerprint density at radius 1 is 1.27 bits per heavy atom. The van der Waals surface area contributed by atoms with Crippen LogP contribution in [-0.2, 0) is 4.74 Å². The number of rotatable bonds is 1. The van der Waals surface area contributed by atoms with Crippen molar-refractivity contribution in [1.82, 2.24) is 0 Å². The average Bonchev–Trinajstić information content (AvgIpc) is 2.17. The van der Waals surface area contributed by atoms with Crippen molar-refractivity contribution in [2.24, 2.45) is 11.8 Å². The topological polar surface area (TPSA) is 29.5 Å². The fourth-order valence-corrected chi connectivity index (χ4v) is 1.49. The third-order valence-corrected chi connectivity index (χ3v) is 2.58. The van der Waals surface area contributed by atoms with Gasteiger partial charge < -0.3 is 9.84 Å². The van der Waals surface area contributed by atoms with Crippen molar-refractivity contribution in [3.8, 4) is 0 Å². The summed E-state index contributed by atoms with van der Waals surface area (Å²) in [7, 11) is 0. The van der Waals surface area contributed by atoms with Crippen molar-refractivity contribution in [3.05, 3.63) is 0 Å². The standard InChI is InChI=1S/C8H16O2.Ac/c1-4-7-5(2)6(3)8(9)10-7;/h5-9H,4H2,1-3H3;/t5-,6+,7+,8?;/m0./s1. The second-order valence-corrected chi connectivity index (χ2v) is 3.19. The Hall–Kier alpha value is 1.36. The van der Waals surface area contributed by atoms with Crippen LogP contribution in [0.15, 0.2) is 0 Å². The van der Waals surface area contributed by atoms with Crippen LogP contribution in [0.2, 0.25) is 0 Å². The zero-order valence-corrected chi connectivity index (χ0v) is 12.2. The van der Waals surface area contributed by atoms with Gasteiger partial charge in [0.25, 0.3) is 0 Å². The van der Waals surface area contributed by atoms with Crippen molar-refractivity contribution in [2.75, 3.05) is 0 Å². The molecule has 0 saturated carbocycles. The minimum Gasteiger partial charge on any atom is -0.368 e. The number of hydrogen-bond donors (Lipinski definition) is 1. The Bertz CT molecular complexity index is 119. The monoisotopic (exact) mass is 371 g/mol. The van der Waals surface area contributed by atoms with E-state index in [0.29, 0.717) is 11.8 Å². The summed E-state index contributed by atoms with van der Waals surface area (Å²) in [5.41, 5.74) is 0. The molecule has 11 heavy (non-hydrogen) atoms. The number of aliphatic hydroxyl groups excluding tert-OH is 1. The van der Waals surface area contributed by atoms with Gasteiger partial charge in [0.2, 0.25) is 0 Å². The van der Waals surface area contributed by atoms with Crippen LogP contribution < -0.4 is 0 Å². The first-order valence-corrected chi connectivity index (χ1v) is 4.00. The smallest absolute Gasteiger partial charge is 0.157 e. The van der Waals surface area contributed by atoms with Crippen LogP contribution in [-0.4, -0.2) is 17.5 Å². The molecule has 4 atom stereocenters. The Kier molecular flexibility index (Phi) is 5.81. The fourth-order valence-electron chi connectivity index (χ4n) is 1.49. The summed E-state index contributed by atoms with van der Waals surface area (Å²) in [6, 6.07) is 0. The van der Waals surface area contributed by atoms with Gasteiger partial charge in [0.15, 0.2) is 6.29 Å². The third-order valence-electron chi connectivity index (χ3n) is 2.58. The summed E-state index contributed by atoms with van der Waals surface area (Å²) in [5.74, 6) is 0.796. The largest absolute Gasteiger partial charge is 0.368 e. The van der Waals surface area contributed by atoms with Crippen molar-refractivity contribution in [3.63, 3.8) is 0 Å². The first-order valence-electron chi connectivity index (χ1n) is 4.00. The molecule has 1 rings (SSSR count). The van der Waals surface area contributed by atoms with E-state index >= 15 is 0 Å². The van der Waals surface area contributed by atoms with E-state index in [1.807, 2.05) is 6.92 Å². The quantitative estimate of drug-likeness (QED) is 0.755. The Morgan fingerprint density at radius 2 is 1.82 bits per heavy atom. The van der Waals surface area contributed by atoms with Crippen LogP contribution in [0.4, 0.5) is 0 Å². The summed E-state index contributed by atoms with van der Waals surface area (Å²) < 4.78 is 5.29. The molecule has 0 bridgehead atoms. The zero-order chi connectivity index (χ0) is 7.72. The number of ether oxygens (including phenoxy) is 1. The van der Waals surface area contributed by atoms with E-state index in [1.54, 1.807) is 0 Å². The average molecular weight is 371 g/mol. The van der Waals surface area contributed by atoms with Crippen LogP contribution in [0.1, 0.15) is 27.2 Å². The van der Waals surface area contributed by atoms with Crippen molar-refractivity contribution in [2.45, 2.75) is 39.6 Å². The first-order chi connectivity index (χ1) is 4.66. The maximum Gasteiger partial charge on any atom is 0.157 e. The fraction of sp³-hybridized carbons (Fsp3) is 1.00. The van der Waals surface area contributed by atoms with Gasteiger partial charge in [-0.3, -0.25) is 0 Å². The second kappa shape index (κ2) is 5.17. The van der Waals surface area contributed by atoms with Gasteiger partial charge in [0.05, 0.1) is 6.10 Å². The van der Waals surface area contributed by atoms with Crippen molar-refractivity contribution in [1.29, 1.82) is 0 Å². The molecule has 0 amide bonds. The predicted molar refractivity (Wildman–Crippen MR) is 39.5 cm³/mol.